The summed E-state index contributed by atoms with van der Waals surface area (Å²) in [6, 6.07) is 15.0. The number of amides is 1. The van der Waals surface area contributed by atoms with Gasteiger partial charge in [0.15, 0.2) is 0 Å². The maximum Gasteiger partial charge on any atom is 0.274 e. The van der Waals surface area contributed by atoms with Gasteiger partial charge in [-0.2, -0.15) is 0 Å². The van der Waals surface area contributed by atoms with Crippen LogP contribution in [0.25, 0.3) is 0 Å². The van der Waals surface area contributed by atoms with Gasteiger partial charge < -0.3 is 10.6 Å². The summed E-state index contributed by atoms with van der Waals surface area (Å²) in [5.74, 6) is -0.466. The van der Waals surface area contributed by atoms with E-state index in [4.69, 9.17) is 0 Å². The molecule has 1 aromatic heterocycles. The molecule has 5 nitrogen and oxygen atoms in total. The van der Waals surface area contributed by atoms with E-state index >= 15 is 0 Å². The van der Waals surface area contributed by atoms with E-state index in [0.717, 1.165) is 5.56 Å². The summed E-state index contributed by atoms with van der Waals surface area (Å²) in [6.45, 7) is 3.74. The zero-order valence-corrected chi connectivity index (χ0v) is 13.9. The highest BCUT2D eigenvalue weighted by Gasteiger charge is 2.11. The molecule has 6 heteroatoms. The highest BCUT2D eigenvalue weighted by Crippen LogP contribution is 2.16. The van der Waals surface area contributed by atoms with Crippen LogP contribution in [0.5, 0.6) is 0 Å². The van der Waals surface area contributed by atoms with Crippen molar-refractivity contribution in [2.45, 2.75) is 13.8 Å². The van der Waals surface area contributed by atoms with Crippen molar-refractivity contribution in [2.75, 3.05) is 10.6 Å². The monoisotopic (exact) mass is 336 g/mol. The van der Waals surface area contributed by atoms with Gasteiger partial charge in [-0.25, -0.2) is 14.4 Å². The number of hydrogen-bond acceptors (Lipinski definition) is 4. The van der Waals surface area contributed by atoms with Crippen molar-refractivity contribution < 1.29 is 9.18 Å². The van der Waals surface area contributed by atoms with Gasteiger partial charge in [-0.15, -0.1) is 0 Å². The normalized spacial score (nSPS) is 10.4. The van der Waals surface area contributed by atoms with Crippen LogP contribution in [0, 0.1) is 19.7 Å². The first-order valence-electron chi connectivity index (χ1n) is 7.76. The molecule has 126 valence electrons. The third-order valence-corrected chi connectivity index (χ3v) is 3.48. The molecule has 0 aliphatic rings. The van der Waals surface area contributed by atoms with Crippen LogP contribution in [0.1, 0.15) is 21.7 Å². The molecule has 3 aromatic rings. The summed E-state index contributed by atoms with van der Waals surface area (Å²) >= 11 is 0. The van der Waals surface area contributed by atoms with Gasteiger partial charge in [0.1, 0.15) is 11.5 Å². The Labute approximate surface area is 145 Å². The van der Waals surface area contributed by atoms with E-state index in [2.05, 4.69) is 20.6 Å². The van der Waals surface area contributed by atoms with Gasteiger partial charge in [0, 0.05) is 17.1 Å². The highest BCUT2D eigenvalue weighted by atomic mass is 19.1. The number of carbonyl (C=O) groups excluding carboxylic acids is 1. The number of aryl methyl sites for hydroxylation is 2. The number of nitrogens with zero attached hydrogens (tertiary/aromatic N) is 2. The summed E-state index contributed by atoms with van der Waals surface area (Å²) < 4.78 is 13.3. The Balaban J connectivity index is 1.80. The Bertz CT molecular complexity index is 910. The second kappa shape index (κ2) is 7.09. The number of carbonyl (C=O) groups is 1. The summed E-state index contributed by atoms with van der Waals surface area (Å²) in [6.07, 6.45) is 0. The smallest absolute Gasteiger partial charge is 0.274 e. The first-order valence-corrected chi connectivity index (χ1v) is 7.76. The number of anilines is 3. The predicted octanol–water partition coefficient (Wildman–Crippen LogP) is 4.23. The minimum absolute atomic E-state index is 0.229. The molecule has 1 amide bonds. The van der Waals surface area contributed by atoms with Crippen molar-refractivity contribution in [3.63, 3.8) is 0 Å². The lowest BCUT2D eigenvalue weighted by Gasteiger charge is -2.09. The topological polar surface area (TPSA) is 66.9 Å². The third kappa shape index (κ3) is 4.38. The zero-order chi connectivity index (χ0) is 17.8. The standard InChI is InChI=1S/C19H17FN4O/c1-12-6-8-15(9-7-12)22-18(25)17-10-13(2)21-19(24-17)23-16-5-3-4-14(20)11-16/h3-11H,1-2H3,(H,22,25)(H,21,23,24). The maximum atomic E-state index is 13.3. The number of nitrogens with one attached hydrogen (secondary N) is 2. The van der Waals surface area contributed by atoms with Crippen LogP contribution in [0.4, 0.5) is 21.7 Å². The van der Waals surface area contributed by atoms with Gasteiger partial charge in [0.05, 0.1) is 0 Å². The molecule has 0 fully saturated rings. The van der Waals surface area contributed by atoms with E-state index in [0.29, 0.717) is 17.1 Å². The number of rotatable bonds is 4. The van der Waals surface area contributed by atoms with Gasteiger partial charge in [-0.1, -0.05) is 23.8 Å². The lowest BCUT2D eigenvalue weighted by Crippen LogP contribution is -2.15. The van der Waals surface area contributed by atoms with Crippen LogP contribution in [0.3, 0.4) is 0 Å². The number of benzene rings is 2. The average molecular weight is 336 g/mol. The van der Waals surface area contributed by atoms with E-state index < -0.39 is 0 Å². The van der Waals surface area contributed by atoms with Crippen LogP contribution in [0.2, 0.25) is 0 Å². The Morgan fingerprint density at radius 3 is 2.44 bits per heavy atom. The average Bonchev–Trinajstić information content (AvgIpc) is 2.56. The fraction of sp³-hybridized carbons (Fsp3) is 0.105. The fourth-order valence-electron chi connectivity index (χ4n) is 2.27. The minimum Gasteiger partial charge on any atom is -0.324 e. The van der Waals surface area contributed by atoms with Gasteiger partial charge in [-0.3, -0.25) is 4.79 Å². The molecular formula is C19H17FN4O. The van der Waals surface area contributed by atoms with Crippen LogP contribution >= 0.6 is 0 Å². The molecule has 0 aliphatic carbocycles. The van der Waals surface area contributed by atoms with Crippen molar-refractivity contribution in [3.8, 4) is 0 Å². The van der Waals surface area contributed by atoms with Gasteiger partial charge >= 0.3 is 0 Å². The molecule has 0 radical (unpaired) electrons. The Morgan fingerprint density at radius 2 is 1.72 bits per heavy atom. The summed E-state index contributed by atoms with van der Waals surface area (Å²) in [4.78, 5) is 20.9. The minimum atomic E-state index is -0.366. The molecule has 25 heavy (non-hydrogen) atoms. The van der Waals surface area contributed by atoms with Crippen LogP contribution in [-0.2, 0) is 0 Å². The lowest BCUT2D eigenvalue weighted by atomic mass is 10.2. The fourth-order valence-corrected chi connectivity index (χ4v) is 2.27. The van der Waals surface area contributed by atoms with E-state index in [1.54, 1.807) is 25.1 Å². The van der Waals surface area contributed by atoms with Crippen molar-refractivity contribution >= 4 is 23.2 Å². The van der Waals surface area contributed by atoms with E-state index in [-0.39, 0.29) is 23.4 Å². The van der Waals surface area contributed by atoms with Crippen LogP contribution in [-0.4, -0.2) is 15.9 Å². The Morgan fingerprint density at radius 1 is 0.960 bits per heavy atom. The predicted molar refractivity (Wildman–Crippen MR) is 95.6 cm³/mol. The molecule has 2 aromatic carbocycles. The van der Waals surface area contributed by atoms with E-state index in [1.807, 2.05) is 31.2 Å². The molecule has 0 atom stereocenters. The SMILES string of the molecule is Cc1ccc(NC(=O)c2cc(C)nc(Nc3cccc(F)c3)n2)cc1. The second-order valence-electron chi connectivity index (χ2n) is 5.67. The van der Waals surface area contributed by atoms with Crippen molar-refractivity contribution in [1.82, 2.24) is 9.97 Å². The molecule has 0 spiro atoms. The van der Waals surface area contributed by atoms with Crippen molar-refractivity contribution in [3.05, 3.63) is 77.4 Å². The van der Waals surface area contributed by atoms with E-state index in [1.165, 1.54) is 12.1 Å². The lowest BCUT2D eigenvalue weighted by molar-refractivity contribution is 0.102. The molecule has 2 N–H and O–H groups in total. The molecule has 0 unspecified atom stereocenters. The summed E-state index contributed by atoms with van der Waals surface area (Å²) in [7, 11) is 0. The molecular weight excluding hydrogens is 319 g/mol. The van der Waals surface area contributed by atoms with Crippen molar-refractivity contribution in [1.29, 1.82) is 0 Å². The number of halogens is 1. The Hall–Kier alpha value is -3.28. The highest BCUT2D eigenvalue weighted by molar-refractivity contribution is 6.03. The van der Waals surface area contributed by atoms with Gasteiger partial charge in [-0.05, 0) is 50.2 Å². The quantitative estimate of drug-likeness (QED) is 0.748. The third-order valence-electron chi connectivity index (χ3n) is 3.48. The summed E-state index contributed by atoms with van der Waals surface area (Å²) in [5.41, 5.74) is 3.16. The summed E-state index contributed by atoms with van der Waals surface area (Å²) in [5, 5.41) is 5.71. The van der Waals surface area contributed by atoms with Gasteiger partial charge in [0.2, 0.25) is 5.95 Å². The molecule has 3 rings (SSSR count). The maximum absolute atomic E-state index is 13.3. The second-order valence-corrected chi connectivity index (χ2v) is 5.67. The van der Waals surface area contributed by atoms with Crippen LogP contribution in [0.15, 0.2) is 54.6 Å². The zero-order valence-electron chi connectivity index (χ0n) is 13.9. The number of hydrogen-bond donors (Lipinski definition) is 2. The molecule has 0 saturated carbocycles. The molecule has 0 bridgehead atoms. The van der Waals surface area contributed by atoms with Crippen LogP contribution < -0.4 is 10.6 Å². The molecule has 1 heterocycles. The number of aromatic nitrogens is 2. The molecule has 0 aliphatic heterocycles. The first kappa shape index (κ1) is 16.6. The molecule has 0 saturated heterocycles. The van der Waals surface area contributed by atoms with Gasteiger partial charge in [0.25, 0.3) is 5.91 Å². The first-order chi connectivity index (χ1) is 12.0. The van der Waals surface area contributed by atoms with Crippen molar-refractivity contribution in [2.24, 2.45) is 0 Å². The van der Waals surface area contributed by atoms with E-state index in [9.17, 15) is 9.18 Å². The Kier molecular flexibility index (Phi) is 4.70. The largest absolute Gasteiger partial charge is 0.324 e.